The Morgan fingerprint density at radius 2 is 2.21 bits per heavy atom. The zero-order chi connectivity index (χ0) is 9.97. The Morgan fingerprint density at radius 1 is 1.36 bits per heavy atom. The van der Waals surface area contributed by atoms with Crippen molar-refractivity contribution in [3.63, 3.8) is 0 Å². The minimum Gasteiger partial charge on any atom is -0.439 e. The van der Waals surface area contributed by atoms with E-state index >= 15 is 0 Å². The lowest BCUT2D eigenvalue weighted by atomic mass is 10.6. The number of nitrogens with zero attached hydrogens (tertiary/aromatic N) is 3. The van der Waals surface area contributed by atoms with Crippen molar-refractivity contribution in [2.75, 3.05) is 5.73 Å². The van der Waals surface area contributed by atoms with Crippen LogP contribution in [0, 0.1) is 6.92 Å². The molecule has 0 bridgehead atoms. The zero-order valence-corrected chi connectivity index (χ0v) is 8.28. The number of nitrogens with two attached hydrogens (primary N) is 1. The highest BCUT2D eigenvalue weighted by Gasteiger charge is 2.04. The van der Waals surface area contributed by atoms with Crippen LogP contribution in [0.3, 0.4) is 0 Å². The molecule has 2 N–H and O–H groups in total. The molecule has 14 heavy (non-hydrogen) atoms. The molecule has 0 aromatic carbocycles. The van der Waals surface area contributed by atoms with E-state index in [0.717, 1.165) is 5.69 Å². The molecule has 0 amide bonds. The van der Waals surface area contributed by atoms with Crippen LogP contribution in [0.4, 0.5) is 5.82 Å². The van der Waals surface area contributed by atoms with E-state index in [-0.39, 0.29) is 0 Å². The highest BCUT2D eigenvalue weighted by Crippen LogP contribution is 2.24. The fourth-order valence-corrected chi connectivity index (χ4v) is 1.61. The fourth-order valence-electron chi connectivity index (χ4n) is 0.880. The second-order valence-electron chi connectivity index (χ2n) is 2.64. The molecule has 0 aliphatic heterocycles. The Bertz CT molecular complexity index is 442. The van der Waals surface area contributed by atoms with Crippen LogP contribution in [0.5, 0.6) is 0 Å². The van der Waals surface area contributed by atoms with E-state index in [1.54, 1.807) is 12.5 Å². The van der Waals surface area contributed by atoms with Crippen LogP contribution in [0.25, 0.3) is 0 Å². The maximum absolute atomic E-state index is 5.48. The summed E-state index contributed by atoms with van der Waals surface area (Å²) >= 11 is 1.29. The van der Waals surface area contributed by atoms with Gasteiger partial charge in [-0.3, -0.25) is 4.98 Å². The molecule has 2 aromatic rings. The van der Waals surface area contributed by atoms with E-state index in [9.17, 15) is 0 Å². The van der Waals surface area contributed by atoms with Crippen molar-refractivity contribution in [3.05, 3.63) is 24.4 Å². The van der Waals surface area contributed by atoms with Crippen LogP contribution >= 0.6 is 11.8 Å². The highest BCUT2D eigenvalue weighted by atomic mass is 32.2. The molecule has 0 unspecified atom stereocenters. The average molecular weight is 208 g/mol. The topological polar surface area (TPSA) is 77.8 Å². The Hall–Kier alpha value is -1.56. The molecule has 0 fully saturated rings. The van der Waals surface area contributed by atoms with Gasteiger partial charge in [0.2, 0.25) is 0 Å². The van der Waals surface area contributed by atoms with Crippen LogP contribution in [-0.4, -0.2) is 15.0 Å². The van der Waals surface area contributed by atoms with Gasteiger partial charge in [0.1, 0.15) is 17.1 Å². The summed E-state index contributed by atoms with van der Waals surface area (Å²) in [6.07, 6.45) is 4.69. The summed E-state index contributed by atoms with van der Waals surface area (Å²) in [6, 6.07) is 0. The van der Waals surface area contributed by atoms with Gasteiger partial charge in [-0.2, -0.15) is 0 Å². The number of nitrogen functional groups attached to an aromatic ring is 1. The Balaban J connectivity index is 2.18. The standard InChI is InChI=1S/C8H8N4OS/c1-5-4-13-8(11-5)14-7-3-10-2-6(9)12-7/h2-4H,1H3,(H2,9,12). The summed E-state index contributed by atoms with van der Waals surface area (Å²) in [7, 11) is 0. The van der Waals surface area contributed by atoms with Gasteiger partial charge < -0.3 is 10.2 Å². The molecule has 2 rings (SSSR count). The fraction of sp³-hybridized carbons (Fsp3) is 0.125. The molecule has 5 nitrogen and oxygen atoms in total. The first-order valence-corrected chi connectivity index (χ1v) is 4.73. The average Bonchev–Trinajstić information content (AvgIpc) is 2.51. The molecule has 0 saturated carbocycles. The van der Waals surface area contributed by atoms with Gasteiger partial charge in [0.05, 0.1) is 18.1 Å². The SMILES string of the molecule is Cc1coc(Sc2cncc(N)n2)n1. The molecule has 72 valence electrons. The summed E-state index contributed by atoms with van der Waals surface area (Å²) in [4.78, 5) is 12.1. The maximum Gasteiger partial charge on any atom is 0.262 e. The maximum atomic E-state index is 5.48. The van der Waals surface area contributed by atoms with Crippen molar-refractivity contribution in [3.8, 4) is 0 Å². The van der Waals surface area contributed by atoms with E-state index in [0.29, 0.717) is 16.1 Å². The summed E-state index contributed by atoms with van der Waals surface area (Å²) in [5.74, 6) is 0.387. The largest absolute Gasteiger partial charge is 0.439 e. The van der Waals surface area contributed by atoms with E-state index in [1.807, 2.05) is 6.92 Å². The minimum atomic E-state index is 0.387. The van der Waals surface area contributed by atoms with E-state index in [4.69, 9.17) is 10.2 Å². The summed E-state index contributed by atoms with van der Waals surface area (Å²) in [6.45, 7) is 1.86. The monoisotopic (exact) mass is 208 g/mol. The molecule has 2 heterocycles. The molecule has 0 atom stereocenters. The number of oxazole rings is 1. The molecule has 6 heteroatoms. The summed E-state index contributed by atoms with van der Waals surface area (Å²) < 4.78 is 5.15. The number of aromatic nitrogens is 3. The van der Waals surface area contributed by atoms with Gasteiger partial charge in [-0.25, -0.2) is 9.97 Å². The lowest BCUT2D eigenvalue weighted by molar-refractivity contribution is 0.453. The molecular formula is C8H8N4OS. The van der Waals surface area contributed by atoms with Crippen LogP contribution < -0.4 is 5.73 Å². The van der Waals surface area contributed by atoms with Gasteiger partial charge in [0.25, 0.3) is 5.22 Å². The number of hydrogen-bond donors (Lipinski definition) is 1. The molecular weight excluding hydrogens is 200 g/mol. The quantitative estimate of drug-likeness (QED) is 0.805. The first-order chi connectivity index (χ1) is 6.74. The molecule has 0 aliphatic carbocycles. The number of hydrogen-bond acceptors (Lipinski definition) is 6. The Morgan fingerprint density at radius 3 is 2.86 bits per heavy atom. The van der Waals surface area contributed by atoms with Crippen molar-refractivity contribution in [2.45, 2.75) is 17.2 Å². The van der Waals surface area contributed by atoms with E-state index < -0.39 is 0 Å². The third-order valence-corrected chi connectivity index (χ3v) is 2.19. The predicted octanol–water partition coefficient (Wildman–Crippen LogP) is 1.51. The molecule has 0 saturated heterocycles. The second kappa shape index (κ2) is 3.67. The minimum absolute atomic E-state index is 0.387. The van der Waals surface area contributed by atoms with Crippen LogP contribution in [0.15, 0.2) is 33.3 Å². The molecule has 0 spiro atoms. The van der Waals surface area contributed by atoms with E-state index in [2.05, 4.69) is 15.0 Å². The van der Waals surface area contributed by atoms with Crippen LogP contribution in [0.1, 0.15) is 5.69 Å². The van der Waals surface area contributed by atoms with Crippen molar-refractivity contribution < 1.29 is 4.42 Å². The highest BCUT2D eigenvalue weighted by molar-refractivity contribution is 7.99. The number of anilines is 1. The predicted molar refractivity (Wildman–Crippen MR) is 51.8 cm³/mol. The molecule has 2 aromatic heterocycles. The smallest absolute Gasteiger partial charge is 0.262 e. The zero-order valence-electron chi connectivity index (χ0n) is 7.47. The van der Waals surface area contributed by atoms with Crippen molar-refractivity contribution >= 4 is 17.6 Å². The van der Waals surface area contributed by atoms with Crippen LogP contribution in [0.2, 0.25) is 0 Å². The van der Waals surface area contributed by atoms with Gasteiger partial charge in [-0.15, -0.1) is 0 Å². The van der Waals surface area contributed by atoms with Gasteiger partial charge in [-0.05, 0) is 18.7 Å². The number of rotatable bonds is 2. The Labute approximate surface area is 84.8 Å². The van der Waals surface area contributed by atoms with E-state index in [1.165, 1.54) is 18.0 Å². The first-order valence-electron chi connectivity index (χ1n) is 3.91. The lowest BCUT2D eigenvalue weighted by Gasteiger charge is -1.95. The summed E-state index contributed by atoms with van der Waals surface area (Å²) in [5.41, 5.74) is 6.32. The second-order valence-corrected chi connectivity index (χ2v) is 3.61. The van der Waals surface area contributed by atoms with Crippen LogP contribution in [-0.2, 0) is 0 Å². The third-order valence-electron chi connectivity index (χ3n) is 1.42. The lowest BCUT2D eigenvalue weighted by Crippen LogP contribution is -1.92. The number of aryl methyl sites for hydroxylation is 1. The van der Waals surface area contributed by atoms with Gasteiger partial charge >= 0.3 is 0 Å². The first kappa shape index (κ1) is 9.01. The molecule has 0 radical (unpaired) electrons. The van der Waals surface area contributed by atoms with Gasteiger partial charge in [0.15, 0.2) is 0 Å². The Kier molecular flexibility index (Phi) is 2.36. The van der Waals surface area contributed by atoms with Crippen molar-refractivity contribution in [1.29, 1.82) is 0 Å². The normalized spacial score (nSPS) is 10.4. The van der Waals surface area contributed by atoms with Gasteiger partial charge in [-0.1, -0.05) is 0 Å². The summed E-state index contributed by atoms with van der Waals surface area (Å²) in [5, 5.41) is 1.22. The van der Waals surface area contributed by atoms with Gasteiger partial charge in [0, 0.05) is 0 Å². The molecule has 0 aliphatic rings. The van der Waals surface area contributed by atoms with Crippen molar-refractivity contribution in [1.82, 2.24) is 15.0 Å². The third kappa shape index (κ3) is 2.02. The van der Waals surface area contributed by atoms with Crippen molar-refractivity contribution in [2.24, 2.45) is 0 Å².